The first kappa shape index (κ1) is 14.6. The normalized spacial score (nSPS) is 11.0. The predicted molar refractivity (Wildman–Crippen MR) is 90.4 cm³/mol. The van der Waals surface area contributed by atoms with E-state index in [0.717, 1.165) is 33.4 Å². The van der Waals surface area contributed by atoms with Gasteiger partial charge in [0.2, 0.25) is 0 Å². The van der Waals surface area contributed by atoms with Crippen LogP contribution in [0.2, 0.25) is 5.02 Å². The van der Waals surface area contributed by atoms with Gasteiger partial charge in [0.1, 0.15) is 16.5 Å². The number of nitrogens with one attached hydrogen (secondary N) is 1. The van der Waals surface area contributed by atoms with Crippen LogP contribution in [0.4, 0.5) is 5.82 Å². The molecule has 0 fully saturated rings. The Morgan fingerprint density at radius 1 is 1.29 bits per heavy atom. The van der Waals surface area contributed by atoms with Crippen LogP contribution < -0.4 is 5.32 Å². The van der Waals surface area contributed by atoms with E-state index < -0.39 is 0 Å². The predicted octanol–water partition coefficient (Wildman–Crippen LogP) is 4.46. The Hall–Kier alpha value is -1.37. The van der Waals surface area contributed by atoms with Crippen molar-refractivity contribution >= 4 is 50.7 Å². The van der Waals surface area contributed by atoms with Crippen molar-refractivity contribution in [2.75, 3.05) is 11.9 Å². The topological polar surface area (TPSA) is 50.7 Å². The molecule has 0 bridgehead atoms. The molecule has 3 aromatic heterocycles. The van der Waals surface area contributed by atoms with Gasteiger partial charge < -0.3 is 5.32 Å². The maximum Gasteiger partial charge on any atom is 0.142 e. The van der Waals surface area contributed by atoms with E-state index in [9.17, 15) is 0 Å². The molecular weight excluding hydrogens is 324 g/mol. The largest absolute Gasteiger partial charge is 0.370 e. The van der Waals surface area contributed by atoms with Crippen LogP contribution in [-0.4, -0.2) is 21.5 Å². The lowest BCUT2D eigenvalue weighted by atomic mass is 10.3. The Morgan fingerprint density at radius 2 is 2.19 bits per heavy atom. The van der Waals surface area contributed by atoms with Crippen LogP contribution in [0.1, 0.15) is 12.7 Å². The number of hydrogen-bond donors (Lipinski definition) is 1. The van der Waals surface area contributed by atoms with E-state index >= 15 is 0 Å². The highest BCUT2D eigenvalue weighted by Gasteiger charge is 2.09. The standard InChI is InChI=1S/C14H13ClN4S2/c1-2-16-13-10-5-6-20-14(10)19-11(18-13)8-21-12-4-3-9(15)7-17-12/h3-7H,2,8H2,1H3,(H,16,18,19). The molecule has 0 atom stereocenters. The van der Waals surface area contributed by atoms with E-state index in [2.05, 4.69) is 33.3 Å². The summed E-state index contributed by atoms with van der Waals surface area (Å²) in [4.78, 5) is 14.5. The smallest absolute Gasteiger partial charge is 0.142 e. The molecule has 0 aliphatic carbocycles. The number of rotatable bonds is 5. The number of thiophene rings is 1. The molecule has 0 amide bonds. The molecule has 4 nitrogen and oxygen atoms in total. The minimum absolute atomic E-state index is 0.644. The van der Waals surface area contributed by atoms with Crippen LogP contribution in [-0.2, 0) is 5.75 Å². The van der Waals surface area contributed by atoms with Crippen molar-refractivity contribution in [1.29, 1.82) is 0 Å². The molecule has 21 heavy (non-hydrogen) atoms. The highest BCUT2D eigenvalue weighted by atomic mass is 35.5. The molecule has 0 spiro atoms. The van der Waals surface area contributed by atoms with Crippen molar-refractivity contribution in [3.05, 3.63) is 40.6 Å². The molecule has 0 aliphatic rings. The minimum atomic E-state index is 0.644. The second-order valence-corrected chi connectivity index (χ2v) is 6.59. The number of fused-ring (bicyclic) bond motifs is 1. The first-order valence-corrected chi connectivity index (χ1v) is 8.73. The zero-order valence-corrected chi connectivity index (χ0v) is 13.7. The Bertz CT molecular complexity index is 742. The van der Waals surface area contributed by atoms with E-state index in [4.69, 9.17) is 11.6 Å². The van der Waals surface area contributed by atoms with Crippen molar-refractivity contribution < 1.29 is 0 Å². The number of aromatic nitrogens is 3. The summed E-state index contributed by atoms with van der Waals surface area (Å²) in [5.41, 5.74) is 0. The van der Waals surface area contributed by atoms with Crippen molar-refractivity contribution in [3.8, 4) is 0 Å². The van der Waals surface area contributed by atoms with Gasteiger partial charge in [0.25, 0.3) is 0 Å². The number of anilines is 1. The van der Waals surface area contributed by atoms with Crippen LogP contribution in [0.25, 0.3) is 10.2 Å². The number of nitrogens with zero attached hydrogens (tertiary/aromatic N) is 3. The number of thioether (sulfide) groups is 1. The van der Waals surface area contributed by atoms with Crippen molar-refractivity contribution in [3.63, 3.8) is 0 Å². The molecular formula is C14H13ClN4S2. The summed E-state index contributed by atoms with van der Waals surface area (Å²) in [5.74, 6) is 2.40. The van der Waals surface area contributed by atoms with Crippen molar-refractivity contribution in [2.45, 2.75) is 17.7 Å². The van der Waals surface area contributed by atoms with Gasteiger partial charge in [-0.05, 0) is 30.5 Å². The zero-order chi connectivity index (χ0) is 14.7. The first-order valence-electron chi connectivity index (χ1n) is 6.48. The summed E-state index contributed by atoms with van der Waals surface area (Å²) >= 11 is 9.07. The Balaban J connectivity index is 1.81. The third-order valence-electron chi connectivity index (χ3n) is 2.76. The maximum atomic E-state index is 5.83. The average Bonchev–Trinajstić information content (AvgIpc) is 2.96. The molecule has 7 heteroatoms. The highest BCUT2D eigenvalue weighted by Crippen LogP contribution is 2.27. The fraction of sp³-hybridized carbons (Fsp3) is 0.214. The lowest BCUT2D eigenvalue weighted by Crippen LogP contribution is -2.03. The molecule has 0 saturated heterocycles. The van der Waals surface area contributed by atoms with Gasteiger partial charge in [-0.25, -0.2) is 15.0 Å². The quantitative estimate of drug-likeness (QED) is 0.697. The van der Waals surface area contributed by atoms with Gasteiger partial charge in [-0.3, -0.25) is 0 Å². The fourth-order valence-corrected chi connectivity index (χ4v) is 3.44. The Kier molecular flexibility index (Phi) is 4.57. The van der Waals surface area contributed by atoms with Crippen LogP contribution in [0.3, 0.4) is 0 Å². The van der Waals surface area contributed by atoms with E-state index in [0.29, 0.717) is 10.8 Å². The van der Waals surface area contributed by atoms with E-state index in [1.807, 2.05) is 17.5 Å². The fourth-order valence-electron chi connectivity index (χ4n) is 1.85. The molecule has 0 saturated carbocycles. The van der Waals surface area contributed by atoms with Crippen LogP contribution in [0.5, 0.6) is 0 Å². The van der Waals surface area contributed by atoms with Gasteiger partial charge in [-0.1, -0.05) is 23.4 Å². The molecule has 3 rings (SSSR count). The Labute approximate surface area is 136 Å². The summed E-state index contributed by atoms with van der Waals surface area (Å²) < 4.78 is 0. The van der Waals surface area contributed by atoms with Crippen molar-refractivity contribution in [2.24, 2.45) is 0 Å². The first-order chi connectivity index (χ1) is 10.3. The molecule has 3 heterocycles. The highest BCUT2D eigenvalue weighted by molar-refractivity contribution is 7.98. The van der Waals surface area contributed by atoms with Crippen molar-refractivity contribution in [1.82, 2.24) is 15.0 Å². The molecule has 1 N–H and O–H groups in total. The molecule has 3 aromatic rings. The van der Waals surface area contributed by atoms with Crippen LogP contribution in [0.15, 0.2) is 34.8 Å². The number of pyridine rings is 1. The van der Waals surface area contributed by atoms with Gasteiger partial charge in [-0.2, -0.15) is 0 Å². The summed E-state index contributed by atoms with van der Waals surface area (Å²) in [6, 6.07) is 5.79. The summed E-state index contributed by atoms with van der Waals surface area (Å²) in [7, 11) is 0. The van der Waals surface area contributed by atoms with Gasteiger partial charge >= 0.3 is 0 Å². The van der Waals surface area contributed by atoms with E-state index in [-0.39, 0.29) is 0 Å². The SMILES string of the molecule is CCNc1nc(CSc2ccc(Cl)cn2)nc2sccc12. The van der Waals surface area contributed by atoms with Gasteiger partial charge in [0.05, 0.1) is 21.2 Å². The number of hydrogen-bond acceptors (Lipinski definition) is 6. The molecule has 0 radical (unpaired) electrons. The second-order valence-electron chi connectivity index (χ2n) is 4.26. The summed E-state index contributed by atoms with van der Waals surface area (Å²) in [6.45, 7) is 2.90. The minimum Gasteiger partial charge on any atom is -0.370 e. The number of halogens is 1. The van der Waals surface area contributed by atoms with Gasteiger partial charge in [0.15, 0.2) is 0 Å². The molecule has 108 valence electrons. The average molecular weight is 337 g/mol. The monoisotopic (exact) mass is 336 g/mol. The van der Waals surface area contributed by atoms with E-state index in [1.165, 1.54) is 0 Å². The van der Waals surface area contributed by atoms with E-state index in [1.54, 1.807) is 29.3 Å². The summed E-state index contributed by atoms with van der Waals surface area (Å²) in [5, 5.41) is 7.98. The molecule has 0 aliphatic heterocycles. The van der Waals surface area contributed by atoms with Crippen LogP contribution in [0, 0.1) is 0 Å². The third-order valence-corrected chi connectivity index (χ3v) is 4.73. The van der Waals surface area contributed by atoms with Crippen LogP contribution >= 0.6 is 34.7 Å². The summed E-state index contributed by atoms with van der Waals surface area (Å²) in [6.07, 6.45) is 1.65. The molecule has 0 unspecified atom stereocenters. The maximum absolute atomic E-state index is 5.83. The second kappa shape index (κ2) is 6.60. The zero-order valence-electron chi connectivity index (χ0n) is 11.3. The lowest BCUT2D eigenvalue weighted by Gasteiger charge is -2.06. The third kappa shape index (κ3) is 3.45. The van der Waals surface area contributed by atoms with Gasteiger partial charge in [-0.15, -0.1) is 11.3 Å². The van der Waals surface area contributed by atoms with Gasteiger partial charge in [0, 0.05) is 12.7 Å². The Morgan fingerprint density at radius 3 is 2.95 bits per heavy atom. The molecule has 0 aromatic carbocycles. The lowest BCUT2D eigenvalue weighted by molar-refractivity contribution is 1.05.